The third-order valence-electron chi connectivity index (χ3n) is 3.65. The lowest BCUT2D eigenvalue weighted by Gasteiger charge is -2.34. The van der Waals surface area contributed by atoms with E-state index in [1.807, 2.05) is 0 Å². The van der Waals surface area contributed by atoms with Crippen molar-refractivity contribution >= 4 is 27.3 Å². The summed E-state index contributed by atoms with van der Waals surface area (Å²) in [4.78, 5) is 13.1. The minimum atomic E-state index is -3.86. The fraction of sp³-hybridized carbons (Fsp3) is 0.267. The first-order valence-corrected chi connectivity index (χ1v) is 9.27. The van der Waals surface area contributed by atoms with Gasteiger partial charge in [-0.1, -0.05) is 18.2 Å². The Morgan fingerprint density at radius 1 is 1.26 bits per heavy atom. The highest BCUT2D eigenvalue weighted by Crippen LogP contribution is 2.33. The maximum atomic E-state index is 14.1. The highest BCUT2D eigenvalue weighted by atomic mass is 32.2. The first-order valence-electron chi connectivity index (χ1n) is 7.01. The van der Waals surface area contributed by atoms with E-state index in [9.17, 15) is 17.6 Å². The van der Waals surface area contributed by atoms with Crippen molar-refractivity contribution in [1.29, 1.82) is 0 Å². The Hall–Kier alpha value is -1.77. The molecule has 0 radical (unpaired) electrons. The van der Waals surface area contributed by atoms with Crippen LogP contribution in [0.25, 0.3) is 0 Å². The molecule has 0 bridgehead atoms. The minimum absolute atomic E-state index is 0.0570. The summed E-state index contributed by atoms with van der Waals surface area (Å²) in [5.41, 5.74) is 0.0570. The van der Waals surface area contributed by atoms with Crippen LogP contribution in [0.15, 0.2) is 40.6 Å². The molecule has 8 heteroatoms. The molecular formula is C15H15FN2O3S2. The molecule has 1 aromatic heterocycles. The Labute approximate surface area is 137 Å². The van der Waals surface area contributed by atoms with Gasteiger partial charge in [-0.25, -0.2) is 12.8 Å². The Balaban J connectivity index is 2.09. The zero-order chi connectivity index (χ0) is 16.6. The van der Waals surface area contributed by atoms with Crippen LogP contribution in [0.5, 0.6) is 0 Å². The summed E-state index contributed by atoms with van der Waals surface area (Å²) in [6, 6.07) is 7.77. The van der Waals surface area contributed by atoms with Gasteiger partial charge in [-0.05, 0) is 25.1 Å². The van der Waals surface area contributed by atoms with Crippen LogP contribution < -0.4 is 5.32 Å². The van der Waals surface area contributed by atoms with Crippen molar-refractivity contribution in [3.63, 3.8) is 0 Å². The molecule has 1 aliphatic rings. The molecule has 1 aliphatic heterocycles. The number of nitrogens with zero attached hydrogens (tertiary/aromatic N) is 1. The zero-order valence-corrected chi connectivity index (χ0v) is 14.0. The highest BCUT2D eigenvalue weighted by Gasteiger charge is 2.41. The van der Waals surface area contributed by atoms with Crippen molar-refractivity contribution in [1.82, 2.24) is 9.62 Å². The number of aryl methyl sites for hydroxylation is 1. The van der Waals surface area contributed by atoms with Crippen LogP contribution in [-0.2, 0) is 14.8 Å². The van der Waals surface area contributed by atoms with E-state index in [1.54, 1.807) is 19.1 Å². The van der Waals surface area contributed by atoms with Gasteiger partial charge in [0.05, 0.1) is 0 Å². The monoisotopic (exact) mass is 354 g/mol. The molecule has 122 valence electrons. The molecule has 0 spiro atoms. The Morgan fingerprint density at radius 3 is 2.65 bits per heavy atom. The first kappa shape index (κ1) is 16.1. The maximum absolute atomic E-state index is 14.1. The van der Waals surface area contributed by atoms with Gasteiger partial charge in [-0.15, -0.1) is 11.3 Å². The number of benzene rings is 1. The molecule has 1 fully saturated rings. The van der Waals surface area contributed by atoms with Crippen molar-refractivity contribution < 1.29 is 17.6 Å². The summed E-state index contributed by atoms with van der Waals surface area (Å²) in [5, 5.41) is 2.61. The summed E-state index contributed by atoms with van der Waals surface area (Å²) in [7, 11) is -3.86. The van der Waals surface area contributed by atoms with E-state index in [0.29, 0.717) is 0 Å². The second-order valence-electron chi connectivity index (χ2n) is 5.20. The number of nitrogens with one attached hydrogen (secondary N) is 1. The number of rotatable bonds is 3. The average molecular weight is 354 g/mol. The van der Waals surface area contributed by atoms with E-state index < -0.39 is 27.8 Å². The second kappa shape index (κ2) is 6.03. The van der Waals surface area contributed by atoms with Gasteiger partial charge in [0.25, 0.3) is 10.0 Å². The zero-order valence-electron chi connectivity index (χ0n) is 12.3. The lowest BCUT2D eigenvalue weighted by atomic mass is 10.0. The fourth-order valence-corrected chi connectivity index (χ4v) is 5.55. The lowest BCUT2D eigenvalue weighted by molar-refractivity contribution is -0.127. The number of carbonyl (C=O) groups excluding carboxylic acids is 1. The van der Waals surface area contributed by atoms with Crippen LogP contribution >= 0.6 is 11.3 Å². The first-order chi connectivity index (χ1) is 10.9. The topological polar surface area (TPSA) is 66.5 Å². The molecule has 0 saturated carbocycles. The van der Waals surface area contributed by atoms with E-state index in [-0.39, 0.29) is 22.9 Å². The third-order valence-corrected chi connectivity index (χ3v) is 6.98. The quantitative estimate of drug-likeness (QED) is 0.917. The molecule has 1 atom stereocenters. The number of amides is 1. The number of thiophene rings is 1. The van der Waals surface area contributed by atoms with Gasteiger partial charge in [-0.2, -0.15) is 4.31 Å². The van der Waals surface area contributed by atoms with Gasteiger partial charge in [0, 0.05) is 23.5 Å². The van der Waals surface area contributed by atoms with Gasteiger partial charge in [-0.3, -0.25) is 4.79 Å². The number of hydrogen-bond donors (Lipinski definition) is 1. The van der Waals surface area contributed by atoms with Crippen LogP contribution in [0.1, 0.15) is 16.5 Å². The Bertz CT molecular complexity index is 848. The van der Waals surface area contributed by atoms with Crippen molar-refractivity contribution in [3.8, 4) is 0 Å². The smallest absolute Gasteiger partial charge is 0.253 e. The van der Waals surface area contributed by atoms with Crippen molar-refractivity contribution in [2.24, 2.45) is 0 Å². The molecule has 2 aromatic rings. The summed E-state index contributed by atoms with van der Waals surface area (Å²) in [6.07, 6.45) is 0. The summed E-state index contributed by atoms with van der Waals surface area (Å²) < 4.78 is 41.1. The van der Waals surface area contributed by atoms with Gasteiger partial charge < -0.3 is 5.32 Å². The standard InChI is InChI=1S/C15H15FN2O3S2/c1-10-6-7-13(22-10)23(20,21)18-9-8-17-15(19)14(18)11-4-2-3-5-12(11)16/h2-7,14H,8-9H2,1H3,(H,17,19). The van der Waals surface area contributed by atoms with Crippen LogP contribution in [0, 0.1) is 12.7 Å². The number of hydrogen-bond acceptors (Lipinski definition) is 4. The molecule has 1 unspecified atom stereocenters. The van der Waals surface area contributed by atoms with Gasteiger partial charge in [0.2, 0.25) is 5.91 Å². The molecule has 2 heterocycles. The van der Waals surface area contributed by atoms with E-state index in [0.717, 1.165) is 20.5 Å². The summed E-state index contributed by atoms with van der Waals surface area (Å²) >= 11 is 1.14. The fourth-order valence-electron chi connectivity index (χ4n) is 2.56. The lowest BCUT2D eigenvalue weighted by Crippen LogP contribution is -2.52. The highest BCUT2D eigenvalue weighted by molar-refractivity contribution is 7.91. The molecule has 0 aliphatic carbocycles. The predicted molar refractivity (Wildman–Crippen MR) is 85.1 cm³/mol. The Morgan fingerprint density at radius 2 is 2.00 bits per heavy atom. The van der Waals surface area contributed by atoms with Crippen LogP contribution in [-0.4, -0.2) is 31.7 Å². The molecule has 5 nitrogen and oxygen atoms in total. The summed E-state index contributed by atoms with van der Waals surface area (Å²) in [5.74, 6) is -1.12. The molecule has 23 heavy (non-hydrogen) atoms. The molecular weight excluding hydrogens is 339 g/mol. The maximum Gasteiger partial charge on any atom is 0.253 e. The molecule has 1 saturated heterocycles. The van der Waals surface area contributed by atoms with Crippen molar-refractivity contribution in [2.45, 2.75) is 17.2 Å². The average Bonchev–Trinajstić information content (AvgIpc) is 2.95. The van der Waals surface area contributed by atoms with Crippen LogP contribution in [0.4, 0.5) is 4.39 Å². The number of piperazine rings is 1. The van der Waals surface area contributed by atoms with Crippen molar-refractivity contribution in [2.75, 3.05) is 13.1 Å². The second-order valence-corrected chi connectivity index (χ2v) is 8.60. The van der Waals surface area contributed by atoms with E-state index >= 15 is 0 Å². The molecule has 3 rings (SSSR count). The largest absolute Gasteiger partial charge is 0.353 e. The van der Waals surface area contributed by atoms with Crippen LogP contribution in [0.3, 0.4) is 0 Å². The third kappa shape index (κ3) is 2.89. The Kier molecular flexibility index (Phi) is 4.22. The SMILES string of the molecule is Cc1ccc(S(=O)(=O)N2CCNC(=O)C2c2ccccc2F)s1. The van der Waals surface area contributed by atoms with Gasteiger partial charge in [0.1, 0.15) is 16.1 Å². The van der Waals surface area contributed by atoms with Gasteiger partial charge in [0.15, 0.2) is 0 Å². The number of sulfonamides is 1. The van der Waals surface area contributed by atoms with Gasteiger partial charge >= 0.3 is 0 Å². The normalized spacial score (nSPS) is 19.6. The van der Waals surface area contributed by atoms with Crippen molar-refractivity contribution in [3.05, 3.63) is 52.7 Å². The van der Waals surface area contributed by atoms with E-state index in [2.05, 4.69) is 5.32 Å². The summed E-state index contributed by atoms with van der Waals surface area (Å²) in [6.45, 7) is 2.11. The van der Waals surface area contributed by atoms with Crippen LogP contribution in [0.2, 0.25) is 0 Å². The predicted octanol–water partition coefficient (Wildman–Crippen LogP) is 2.06. The van der Waals surface area contributed by atoms with E-state index in [4.69, 9.17) is 0 Å². The number of carbonyl (C=O) groups is 1. The molecule has 1 N–H and O–H groups in total. The molecule has 1 aromatic carbocycles. The molecule has 1 amide bonds. The van der Waals surface area contributed by atoms with E-state index in [1.165, 1.54) is 24.3 Å². The number of halogens is 1. The minimum Gasteiger partial charge on any atom is -0.353 e.